The van der Waals surface area contributed by atoms with Gasteiger partial charge in [0, 0.05) is 17.0 Å². The number of aliphatic hydroxyl groups excluding tert-OH is 1. The molecule has 2 aliphatic rings. The molecule has 186 valence electrons. The fourth-order valence-corrected chi connectivity index (χ4v) is 4.82. The number of carbonyl (C=O) groups excluding carboxylic acids is 1. The summed E-state index contributed by atoms with van der Waals surface area (Å²) in [5.41, 5.74) is 5.94. The third-order valence-electron chi connectivity index (χ3n) is 6.51. The molecule has 1 amide bonds. The SMILES string of the molecule is NC(=O)[C@H]1CC[C@H](n2c(Nc3c(F)cc(Cl)cc3F)nc3cnc(NC4COCC4O)nc32)CC1. The Morgan fingerprint density at radius 1 is 1.17 bits per heavy atom. The number of hydrogen-bond donors (Lipinski definition) is 4. The number of halogens is 3. The summed E-state index contributed by atoms with van der Waals surface area (Å²) in [6.45, 7) is 0.522. The van der Waals surface area contributed by atoms with Crippen LogP contribution in [0.25, 0.3) is 11.2 Å². The van der Waals surface area contributed by atoms with Crippen LogP contribution in [0.3, 0.4) is 0 Å². The van der Waals surface area contributed by atoms with Crippen molar-refractivity contribution in [3.05, 3.63) is 35.0 Å². The first-order chi connectivity index (χ1) is 16.8. The van der Waals surface area contributed by atoms with Gasteiger partial charge in [0.15, 0.2) is 17.3 Å². The molecule has 2 unspecified atom stereocenters. The fourth-order valence-electron chi connectivity index (χ4n) is 4.63. The van der Waals surface area contributed by atoms with E-state index in [1.165, 1.54) is 6.20 Å². The molecule has 3 heterocycles. The van der Waals surface area contributed by atoms with Gasteiger partial charge in [-0.25, -0.2) is 18.7 Å². The smallest absolute Gasteiger partial charge is 0.225 e. The summed E-state index contributed by atoms with van der Waals surface area (Å²) in [6, 6.07) is 1.49. The third kappa shape index (κ3) is 4.73. The van der Waals surface area contributed by atoms with Crippen LogP contribution in [0.4, 0.5) is 26.4 Å². The van der Waals surface area contributed by atoms with Gasteiger partial charge in [-0.2, -0.15) is 4.98 Å². The molecule has 5 N–H and O–H groups in total. The van der Waals surface area contributed by atoms with Crippen molar-refractivity contribution in [3.63, 3.8) is 0 Å². The van der Waals surface area contributed by atoms with Crippen LogP contribution in [0.5, 0.6) is 0 Å². The maximum absolute atomic E-state index is 14.5. The standard InChI is InChI=1S/C22H24ClF2N7O3/c23-11-5-13(24)18(14(25)6-11)30-22-29-15-7-27-21(28-16-8-35-9-17(16)33)31-20(15)32(22)12-3-1-10(2-4-12)19(26)34/h5-7,10,12,16-17,33H,1-4,8-9H2,(H2,26,34)(H,29,30)(H,27,28,31)/t10-,12-,16?,17?. The van der Waals surface area contributed by atoms with Crippen LogP contribution < -0.4 is 16.4 Å². The topological polar surface area (TPSA) is 140 Å². The second kappa shape index (κ2) is 9.51. The van der Waals surface area contributed by atoms with Gasteiger partial charge >= 0.3 is 0 Å². The van der Waals surface area contributed by atoms with E-state index in [9.17, 15) is 18.7 Å². The summed E-state index contributed by atoms with van der Waals surface area (Å²) in [4.78, 5) is 25.0. The third-order valence-corrected chi connectivity index (χ3v) is 6.72. The minimum atomic E-state index is -0.866. The first kappa shape index (κ1) is 23.6. The van der Waals surface area contributed by atoms with E-state index in [2.05, 4.69) is 25.6 Å². The number of anilines is 3. The summed E-state index contributed by atoms with van der Waals surface area (Å²) >= 11 is 5.76. The zero-order valence-corrected chi connectivity index (χ0v) is 19.3. The highest BCUT2D eigenvalue weighted by atomic mass is 35.5. The first-order valence-corrected chi connectivity index (χ1v) is 11.7. The van der Waals surface area contributed by atoms with Crippen LogP contribution in [0.2, 0.25) is 5.02 Å². The Kier molecular flexibility index (Phi) is 6.43. The summed E-state index contributed by atoms with van der Waals surface area (Å²) in [5.74, 6) is -1.86. The Hall–Kier alpha value is -3.09. The van der Waals surface area contributed by atoms with E-state index in [1.54, 1.807) is 4.57 Å². The lowest BCUT2D eigenvalue weighted by atomic mass is 9.85. The van der Waals surface area contributed by atoms with Gasteiger partial charge in [0.1, 0.15) is 11.2 Å². The summed E-state index contributed by atoms with van der Waals surface area (Å²) in [7, 11) is 0. The van der Waals surface area contributed by atoms with Crippen molar-refractivity contribution < 1.29 is 23.4 Å². The van der Waals surface area contributed by atoms with Crippen molar-refractivity contribution in [1.29, 1.82) is 0 Å². The number of amides is 1. The van der Waals surface area contributed by atoms with Crippen molar-refractivity contribution >= 4 is 46.3 Å². The van der Waals surface area contributed by atoms with Gasteiger partial charge in [-0.1, -0.05) is 11.6 Å². The number of benzene rings is 1. The minimum absolute atomic E-state index is 0.0662. The molecular formula is C22H24ClF2N7O3. The van der Waals surface area contributed by atoms with Crippen molar-refractivity contribution in [3.8, 4) is 0 Å². The number of carbonyl (C=O) groups is 1. The number of nitrogens with one attached hydrogen (secondary N) is 2. The molecule has 3 aromatic rings. The van der Waals surface area contributed by atoms with Gasteiger partial charge in [-0.3, -0.25) is 9.36 Å². The number of aliphatic hydroxyl groups is 1. The predicted molar refractivity (Wildman–Crippen MR) is 124 cm³/mol. The molecule has 1 saturated carbocycles. The maximum Gasteiger partial charge on any atom is 0.225 e. The van der Waals surface area contributed by atoms with E-state index >= 15 is 0 Å². The highest BCUT2D eigenvalue weighted by Crippen LogP contribution is 2.37. The number of nitrogens with two attached hydrogens (primary N) is 1. The fraction of sp³-hybridized carbons (Fsp3) is 0.455. The Morgan fingerprint density at radius 3 is 2.51 bits per heavy atom. The molecule has 1 saturated heterocycles. The van der Waals surface area contributed by atoms with Crippen LogP contribution in [-0.4, -0.2) is 55.9 Å². The van der Waals surface area contributed by atoms with E-state index in [4.69, 9.17) is 22.1 Å². The molecule has 5 rings (SSSR count). The lowest BCUT2D eigenvalue weighted by molar-refractivity contribution is -0.122. The Balaban J connectivity index is 1.54. The molecule has 1 aliphatic heterocycles. The first-order valence-electron chi connectivity index (χ1n) is 11.3. The quantitative estimate of drug-likeness (QED) is 0.399. The van der Waals surface area contributed by atoms with Gasteiger partial charge in [0.25, 0.3) is 0 Å². The molecule has 2 aromatic heterocycles. The van der Waals surface area contributed by atoms with Gasteiger partial charge in [-0.05, 0) is 37.8 Å². The van der Waals surface area contributed by atoms with Crippen molar-refractivity contribution in [2.24, 2.45) is 11.7 Å². The van der Waals surface area contributed by atoms with Gasteiger partial charge < -0.3 is 26.2 Å². The maximum atomic E-state index is 14.5. The normalized spacial score (nSPS) is 24.6. The summed E-state index contributed by atoms with van der Waals surface area (Å²) in [5, 5.41) is 15.8. The van der Waals surface area contributed by atoms with E-state index in [0.717, 1.165) is 12.1 Å². The number of primary amides is 1. The molecule has 1 aliphatic carbocycles. The monoisotopic (exact) mass is 507 g/mol. The molecule has 13 heteroatoms. The number of rotatable bonds is 6. The zero-order valence-electron chi connectivity index (χ0n) is 18.5. The molecule has 2 atom stereocenters. The Morgan fingerprint density at radius 2 is 1.89 bits per heavy atom. The van der Waals surface area contributed by atoms with E-state index in [-0.39, 0.29) is 47.4 Å². The number of hydrogen-bond acceptors (Lipinski definition) is 8. The van der Waals surface area contributed by atoms with Crippen molar-refractivity contribution in [2.45, 2.75) is 43.9 Å². The largest absolute Gasteiger partial charge is 0.388 e. The molecule has 0 spiro atoms. The average Bonchev–Trinajstić information content (AvgIpc) is 3.38. The van der Waals surface area contributed by atoms with Crippen LogP contribution in [0, 0.1) is 17.6 Å². The lowest BCUT2D eigenvalue weighted by Gasteiger charge is -2.29. The zero-order chi connectivity index (χ0) is 24.7. The molecule has 1 aromatic carbocycles. The lowest BCUT2D eigenvalue weighted by Crippen LogP contribution is -2.32. The number of nitrogens with zero attached hydrogens (tertiary/aromatic N) is 4. The van der Waals surface area contributed by atoms with Crippen molar-refractivity contribution in [2.75, 3.05) is 23.8 Å². The van der Waals surface area contributed by atoms with Crippen LogP contribution >= 0.6 is 11.6 Å². The predicted octanol–water partition coefficient (Wildman–Crippen LogP) is 2.89. The van der Waals surface area contributed by atoms with E-state index in [0.29, 0.717) is 43.5 Å². The molecule has 35 heavy (non-hydrogen) atoms. The van der Waals surface area contributed by atoms with Crippen LogP contribution in [0.15, 0.2) is 18.3 Å². The second-order valence-electron chi connectivity index (χ2n) is 8.84. The number of aromatic nitrogens is 4. The van der Waals surface area contributed by atoms with Gasteiger partial charge in [0.05, 0.1) is 31.6 Å². The molecule has 0 bridgehead atoms. The summed E-state index contributed by atoms with van der Waals surface area (Å²) < 4.78 is 36.1. The second-order valence-corrected chi connectivity index (χ2v) is 9.28. The highest BCUT2D eigenvalue weighted by molar-refractivity contribution is 6.30. The summed E-state index contributed by atoms with van der Waals surface area (Å²) in [6.07, 6.45) is 3.15. The Bertz CT molecular complexity index is 1240. The average molecular weight is 508 g/mol. The number of fused-ring (bicyclic) bond motifs is 1. The highest BCUT2D eigenvalue weighted by Gasteiger charge is 2.31. The molecule has 2 fully saturated rings. The van der Waals surface area contributed by atoms with Gasteiger partial charge in [-0.15, -0.1) is 0 Å². The van der Waals surface area contributed by atoms with Crippen molar-refractivity contribution in [1.82, 2.24) is 19.5 Å². The number of ether oxygens (including phenoxy) is 1. The molecule has 10 nitrogen and oxygen atoms in total. The van der Waals surface area contributed by atoms with E-state index in [1.807, 2.05) is 0 Å². The van der Waals surface area contributed by atoms with Gasteiger partial charge in [0.2, 0.25) is 17.8 Å². The van der Waals surface area contributed by atoms with Crippen LogP contribution in [-0.2, 0) is 9.53 Å². The molecule has 0 radical (unpaired) electrons. The molecular weight excluding hydrogens is 484 g/mol. The van der Waals surface area contributed by atoms with E-state index < -0.39 is 23.4 Å². The minimum Gasteiger partial charge on any atom is -0.388 e. The van der Waals surface area contributed by atoms with Crippen LogP contribution in [0.1, 0.15) is 31.7 Å². The Labute approximate surface area is 203 Å². The number of imidazole rings is 1.